The van der Waals surface area contributed by atoms with Crippen LogP contribution in [-0.4, -0.2) is 10.9 Å². The topological polar surface area (TPSA) is 77.2 Å². The predicted octanol–water partition coefficient (Wildman–Crippen LogP) is 5.50. The average molecular weight is 393 g/mol. The van der Waals surface area contributed by atoms with Crippen LogP contribution in [0.5, 0.6) is 11.5 Å². The van der Waals surface area contributed by atoms with Gasteiger partial charge in [0.2, 0.25) is 5.95 Å². The van der Waals surface area contributed by atoms with Gasteiger partial charge in [0, 0.05) is 11.3 Å². The Balaban J connectivity index is 1.63. The van der Waals surface area contributed by atoms with Crippen molar-refractivity contribution in [3.8, 4) is 11.5 Å². The Morgan fingerprint density at radius 1 is 1.10 bits per heavy atom. The fraction of sp³-hybridized carbons (Fsp3) is 0.217. The van der Waals surface area contributed by atoms with Crippen LogP contribution in [0.3, 0.4) is 0 Å². The number of rotatable bonds is 7. The third-order valence-corrected chi connectivity index (χ3v) is 4.52. The van der Waals surface area contributed by atoms with E-state index in [1.807, 2.05) is 12.1 Å². The van der Waals surface area contributed by atoms with Gasteiger partial charge in [-0.2, -0.15) is 4.39 Å². The Bertz CT molecular complexity index is 986. The van der Waals surface area contributed by atoms with Gasteiger partial charge in [-0.25, -0.2) is 4.98 Å². The molecule has 0 aliphatic carbocycles. The van der Waals surface area contributed by atoms with Crippen LogP contribution in [0.1, 0.15) is 41.3 Å². The molecule has 3 rings (SSSR count). The Morgan fingerprint density at radius 3 is 2.34 bits per heavy atom. The summed E-state index contributed by atoms with van der Waals surface area (Å²) in [6, 6.07) is 16.4. The molecule has 2 aromatic carbocycles. The van der Waals surface area contributed by atoms with Crippen molar-refractivity contribution in [2.24, 2.45) is 0 Å². The molecule has 0 fully saturated rings. The Morgan fingerprint density at radius 2 is 1.72 bits per heavy atom. The molecular formula is C23H24FN3O2. The number of hydrogen-bond acceptors (Lipinski definition) is 4. The number of carbonyl (C=O) groups is 1. The summed E-state index contributed by atoms with van der Waals surface area (Å²) in [4.78, 5) is 15.9. The maximum atomic E-state index is 13.4. The van der Waals surface area contributed by atoms with E-state index in [1.165, 1.54) is 31.4 Å². The number of amides is 1. The fourth-order valence-electron chi connectivity index (χ4n) is 2.83. The maximum absolute atomic E-state index is 13.4. The summed E-state index contributed by atoms with van der Waals surface area (Å²) in [5, 5.41) is 2.73. The van der Waals surface area contributed by atoms with Gasteiger partial charge in [-0.3, -0.25) is 4.79 Å². The minimum atomic E-state index is -0.682. The standard InChI is InChI=1S/C23H24FN3O2/c1-3-4-5-16-6-10-18(11-7-16)29-19-12-8-17(9-13-19)26-23(28)20-14-15(2)21(24)27-22(20)25/h6-14H,3-5H2,1-2H3,(H2,25,27)(H,26,28). The molecule has 0 spiro atoms. The summed E-state index contributed by atoms with van der Waals surface area (Å²) < 4.78 is 19.3. The van der Waals surface area contributed by atoms with Gasteiger partial charge in [-0.1, -0.05) is 25.5 Å². The van der Waals surface area contributed by atoms with E-state index in [4.69, 9.17) is 10.5 Å². The van der Waals surface area contributed by atoms with Crippen LogP contribution in [0.15, 0.2) is 54.6 Å². The number of hydrogen-bond donors (Lipinski definition) is 2. The van der Waals surface area contributed by atoms with Crippen LogP contribution >= 0.6 is 0 Å². The minimum Gasteiger partial charge on any atom is -0.457 e. The van der Waals surface area contributed by atoms with E-state index in [-0.39, 0.29) is 16.9 Å². The van der Waals surface area contributed by atoms with Gasteiger partial charge in [-0.15, -0.1) is 0 Å². The molecule has 0 unspecified atom stereocenters. The second-order valence-corrected chi connectivity index (χ2v) is 6.86. The predicted molar refractivity (Wildman–Crippen MR) is 113 cm³/mol. The quantitative estimate of drug-likeness (QED) is 0.520. The summed E-state index contributed by atoms with van der Waals surface area (Å²) in [5.41, 5.74) is 7.91. The zero-order chi connectivity index (χ0) is 20.8. The second kappa shape index (κ2) is 9.19. The number of aryl methyl sites for hydroxylation is 2. The van der Waals surface area contributed by atoms with Crippen molar-refractivity contribution in [2.75, 3.05) is 11.1 Å². The number of unbranched alkanes of at least 4 members (excludes halogenated alkanes) is 1. The van der Waals surface area contributed by atoms with Gasteiger partial charge in [0.05, 0.1) is 5.56 Å². The average Bonchev–Trinajstić information content (AvgIpc) is 2.71. The van der Waals surface area contributed by atoms with Crippen LogP contribution in [0, 0.1) is 12.9 Å². The van der Waals surface area contributed by atoms with Crippen LogP contribution in [0.4, 0.5) is 15.9 Å². The Kier molecular flexibility index (Phi) is 6.44. The van der Waals surface area contributed by atoms with E-state index < -0.39 is 11.9 Å². The number of nitrogen functional groups attached to an aromatic ring is 1. The number of nitrogens with two attached hydrogens (primary N) is 1. The molecule has 3 aromatic rings. The second-order valence-electron chi connectivity index (χ2n) is 6.86. The molecule has 6 heteroatoms. The molecule has 0 saturated carbocycles. The largest absolute Gasteiger partial charge is 0.457 e. The number of anilines is 2. The fourth-order valence-corrected chi connectivity index (χ4v) is 2.83. The molecule has 0 aliphatic rings. The van der Waals surface area contributed by atoms with Gasteiger partial charge in [0.15, 0.2) is 0 Å². The number of halogens is 1. The number of pyridine rings is 1. The first-order valence-electron chi connectivity index (χ1n) is 9.57. The monoisotopic (exact) mass is 393 g/mol. The van der Waals surface area contributed by atoms with Crippen LogP contribution in [-0.2, 0) is 6.42 Å². The molecule has 29 heavy (non-hydrogen) atoms. The molecule has 0 radical (unpaired) electrons. The molecule has 1 amide bonds. The van der Waals surface area contributed by atoms with Crippen molar-refractivity contribution in [1.29, 1.82) is 0 Å². The number of benzene rings is 2. The number of nitrogens with zero attached hydrogens (tertiary/aromatic N) is 1. The van der Waals surface area contributed by atoms with E-state index in [1.54, 1.807) is 24.3 Å². The Labute approximate surface area is 169 Å². The summed E-state index contributed by atoms with van der Waals surface area (Å²) in [6.45, 7) is 3.71. The van der Waals surface area contributed by atoms with Gasteiger partial charge in [-0.05, 0) is 67.8 Å². The van der Waals surface area contributed by atoms with Gasteiger partial charge in [0.25, 0.3) is 5.91 Å². The van der Waals surface area contributed by atoms with E-state index in [0.29, 0.717) is 11.4 Å². The number of ether oxygens (including phenoxy) is 1. The van der Waals surface area contributed by atoms with E-state index >= 15 is 0 Å². The normalized spacial score (nSPS) is 10.6. The van der Waals surface area contributed by atoms with E-state index in [9.17, 15) is 9.18 Å². The molecule has 5 nitrogen and oxygen atoms in total. The van der Waals surface area contributed by atoms with Crippen LogP contribution < -0.4 is 15.8 Å². The lowest BCUT2D eigenvalue weighted by atomic mass is 10.1. The minimum absolute atomic E-state index is 0.132. The molecular weight excluding hydrogens is 369 g/mol. The summed E-state index contributed by atoms with van der Waals surface area (Å²) >= 11 is 0. The summed E-state index contributed by atoms with van der Waals surface area (Å²) in [7, 11) is 0. The van der Waals surface area contributed by atoms with Gasteiger partial charge >= 0.3 is 0 Å². The zero-order valence-corrected chi connectivity index (χ0v) is 16.5. The lowest BCUT2D eigenvalue weighted by Crippen LogP contribution is -2.16. The van der Waals surface area contributed by atoms with E-state index in [2.05, 4.69) is 29.4 Å². The zero-order valence-electron chi connectivity index (χ0n) is 16.5. The first-order valence-corrected chi connectivity index (χ1v) is 9.57. The molecule has 0 aliphatic heterocycles. The van der Waals surface area contributed by atoms with Crippen LogP contribution in [0.25, 0.3) is 0 Å². The maximum Gasteiger partial charge on any atom is 0.259 e. The third-order valence-electron chi connectivity index (χ3n) is 4.52. The van der Waals surface area contributed by atoms with Crippen molar-refractivity contribution < 1.29 is 13.9 Å². The summed E-state index contributed by atoms with van der Waals surface area (Å²) in [5.74, 6) is 0.132. The van der Waals surface area contributed by atoms with E-state index in [0.717, 1.165) is 12.2 Å². The van der Waals surface area contributed by atoms with Crippen molar-refractivity contribution >= 4 is 17.4 Å². The lowest BCUT2D eigenvalue weighted by molar-refractivity contribution is 0.102. The first kappa shape index (κ1) is 20.3. The number of nitrogens with one attached hydrogen (secondary N) is 1. The highest BCUT2D eigenvalue weighted by molar-refractivity contribution is 6.07. The Hall–Kier alpha value is -3.41. The number of aromatic nitrogens is 1. The third kappa shape index (κ3) is 5.31. The molecule has 0 atom stereocenters. The van der Waals surface area contributed by atoms with Crippen molar-refractivity contribution in [3.63, 3.8) is 0 Å². The first-order chi connectivity index (χ1) is 14.0. The van der Waals surface area contributed by atoms with Gasteiger partial charge < -0.3 is 15.8 Å². The molecule has 1 heterocycles. The molecule has 0 saturated heterocycles. The molecule has 1 aromatic heterocycles. The van der Waals surface area contributed by atoms with Crippen molar-refractivity contribution in [1.82, 2.24) is 4.98 Å². The lowest BCUT2D eigenvalue weighted by Gasteiger charge is -2.10. The highest BCUT2D eigenvalue weighted by atomic mass is 19.1. The molecule has 150 valence electrons. The van der Waals surface area contributed by atoms with Crippen molar-refractivity contribution in [3.05, 3.63) is 77.2 Å². The van der Waals surface area contributed by atoms with Gasteiger partial charge in [0.1, 0.15) is 17.3 Å². The smallest absolute Gasteiger partial charge is 0.259 e. The SMILES string of the molecule is CCCCc1ccc(Oc2ccc(NC(=O)c3cc(C)c(F)nc3N)cc2)cc1. The number of carbonyl (C=O) groups excluding carboxylic acids is 1. The summed E-state index contributed by atoms with van der Waals surface area (Å²) in [6.07, 6.45) is 3.41. The molecule has 3 N–H and O–H groups in total. The van der Waals surface area contributed by atoms with Crippen LogP contribution in [0.2, 0.25) is 0 Å². The highest BCUT2D eigenvalue weighted by Gasteiger charge is 2.14. The highest BCUT2D eigenvalue weighted by Crippen LogP contribution is 2.24. The molecule has 0 bridgehead atoms. The van der Waals surface area contributed by atoms with Crippen molar-refractivity contribution in [2.45, 2.75) is 33.1 Å².